The number of nitro benzene ring substituents is 1. The number of hydrogen-bond acceptors (Lipinski definition) is 7. The molecule has 0 aromatic heterocycles. The van der Waals surface area contributed by atoms with E-state index >= 15 is 0 Å². The van der Waals surface area contributed by atoms with Crippen molar-refractivity contribution in [2.75, 3.05) is 0 Å². The summed E-state index contributed by atoms with van der Waals surface area (Å²) in [5.41, 5.74) is 1.07. The smallest absolute Gasteiger partial charge is 0.276 e. The van der Waals surface area contributed by atoms with Gasteiger partial charge in [-0.15, -0.1) is 5.10 Å². The van der Waals surface area contributed by atoms with E-state index in [4.69, 9.17) is 4.74 Å². The summed E-state index contributed by atoms with van der Waals surface area (Å²) in [5, 5.41) is 19.0. The van der Waals surface area contributed by atoms with E-state index in [2.05, 4.69) is 10.4 Å². The summed E-state index contributed by atoms with van der Waals surface area (Å²) in [6, 6.07) is 13.4. The lowest BCUT2D eigenvalue weighted by Gasteiger charge is -2.21. The lowest BCUT2D eigenvalue weighted by Crippen LogP contribution is -2.25. The second-order valence-electron chi connectivity index (χ2n) is 6.13. The highest BCUT2D eigenvalue weighted by molar-refractivity contribution is 8.14. The zero-order valence-corrected chi connectivity index (χ0v) is 16.5. The van der Waals surface area contributed by atoms with Crippen molar-refractivity contribution < 1.29 is 19.2 Å². The maximum absolute atomic E-state index is 12.0. The van der Waals surface area contributed by atoms with E-state index in [1.165, 1.54) is 36.7 Å². The number of carbonyl (C=O) groups excluding carboxylic acids is 2. The van der Waals surface area contributed by atoms with Gasteiger partial charge >= 0.3 is 0 Å². The third kappa shape index (κ3) is 4.72. The van der Waals surface area contributed by atoms with Crippen molar-refractivity contribution in [1.29, 1.82) is 0 Å². The molecular weight excluding hydrogens is 396 g/mol. The average molecular weight is 414 g/mol. The predicted molar refractivity (Wildman–Crippen MR) is 108 cm³/mol. The summed E-state index contributed by atoms with van der Waals surface area (Å²) in [6.45, 7) is 2.73. The minimum atomic E-state index is -0.531. The molecule has 0 aliphatic carbocycles. The van der Waals surface area contributed by atoms with E-state index in [9.17, 15) is 19.7 Å². The van der Waals surface area contributed by atoms with Gasteiger partial charge in [-0.2, -0.15) is 0 Å². The summed E-state index contributed by atoms with van der Waals surface area (Å²) in [4.78, 5) is 34.1. The van der Waals surface area contributed by atoms with Crippen LogP contribution in [-0.2, 0) is 16.2 Å². The molecule has 0 spiro atoms. The van der Waals surface area contributed by atoms with Crippen molar-refractivity contribution in [3.63, 3.8) is 0 Å². The molecule has 150 valence electrons. The lowest BCUT2D eigenvalue weighted by atomic mass is 10.1. The second kappa shape index (κ2) is 8.74. The number of nitrogens with one attached hydrogen (secondary N) is 1. The standard InChI is InChI=1S/C19H18N4O5S/c1-12(24)20-19-21-22(13(2)25)18(29-19)15-8-4-6-10-17(15)28-11-14-7-3-5-9-16(14)23(26)27/h3-10,18H,11H2,1-2H3,(H,20,21,24). The number of rotatable bonds is 5. The Balaban J connectivity index is 1.85. The van der Waals surface area contributed by atoms with Gasteiger partial charge in [-0.05, 0) is 12.1 Å². The number of hydrogen-bond donors (Lipinski definition) is 1. The summed E-state index contributed by atoms with van der Waals surface area (Å²) in [5.74, 6) is -0.119. The van der Waals surface area contributed by atoms with Gasteiger partial charge in [0.1, 0.15) is 17.7 Å². The number of amides is 2. The number of nitrogens with zero attached hydrogens (tertiary/aromatic N) is 3. The zero-order chi connectivity index (χ0) is 21.0. The second-order valence-corrected chi connectivity index (χ2v) is 7.20. The van der Waals surface area contributed by atoms with Crippen LogP contribution < -0.4 is 10.1 Å². The minimum Gasteiger partial charge on any atom is -0.488 e. The first-order valence-corrected chi connectivity index (χ1v) is 9.51. The molecule has 10 heteroatoms. The Bertz CT molecular complexity index is 994. The van der Waals surface area contributed by atoms with Crippen molar-refractivity contribution in [3.8, 4) is 5.75 Å². The van der Waals surface area contributed by atoms with Crippen LogP contribution in [0.2, 0.25) is 0 Å². The summed E-state index contributed by atoms with van der Waals surface area (Å²) in [6.07, 6.45) is 0. The fourth-order valence-electron chi connectivity index (χ4n) is 2.75. The van der Waals surface area contributed by atoms with Gasteiger partial charge in [0.05, 0.1) is 10.5 Å². The van der Waals surface area contributed by atoms with E-state index in [0.717, 1.165) is 0 Å². The fraction of sp³-hybridized carbons (Fsp3) is 0.211. The van der Waals surface area contributed by atoms with Gasteiger partial charge in [0, 0.05) is 25.5 Å². The van der Waals surface area contributed by atoms with Crippen molar-refractivity contribution in [1.82, 2.24) is 10.3 Å². The highest BCUT2D eigenvalue weighted by atomic mass is 32.2. The van der Waals surface area contributed by atoms with Gasteiger partial charge in [-0.25, -0.2) is 5.01 Å². The normalized spacial score (nSPS) is 15.6. The van der Waals surface area contributed by atoms with E-state index in [1.54, 1.807) is 42.5 Å². The summed E-state index contributed by atoms with van der Waals surface area (Å²) in [7, 11) is 0. The van der Waals surface area contributed by atoms with Gasteiger partial charge in [0.25, 0.3) is 5.69 Å². The molecule has 0 radical (unpaired) electrons. The first kappa shape index (κ1) is 20.3. The monoisotopic (exact) mass is 414 g/mol. The number of amidine groups is 1. The van der Waals surface area contributed by atoms with E-state index in [1.807, 2.05) is 0 Å². The maximum atomic E-state index is 12.0. The van der Waals surface area contributed by atoms with E-state index in [-0.39, 0.29) is 24.1 Å². The Kier molecular flexibility index (Phi) is 6.13. The first-order valence-electron chi connectivity index (χ1n) is 8.63. The summed E-state index contributed by atoms with van der Waals surface area (Å²) < 4.78 is 5.88. The highest BCUT2D eigenvalue weighted by Crippen LogP contribution is 2.42. The van der Waals surface area contributed by atoms with Crippen LogP contribution in [0.3, 0.4) is 0 Å². The number of nitro groups is 1. The van der Waals surface area contributed by atoms with Crippen LogP contribution in [0.25, 0.3) is 0 Å². The minimum absolute atomic E-state index is 0.00889. The van der Waals surface area contributed by atoms with Crippen LogP contribution in [-0.4, -0.2) is 26.9 Å². The number of ether oxygens (including phenoxy) is 1. The van der Waals surface area contributed by atoms with Crippen molar-refractivity contribution >= 4 is 34.4 Å². The molecule has 3 rings (SSSR count). The van der Waals surface area contributed by atoms with E-state index < -0.39 is 10.3 Å². The van der Waals surface area contributed by atoms with Crippen LogP contribution in [0.1, 0.15) is 30.3 Å². The lowest BCUT2D eigenvalue weighted by molar-refractivity contribution is -0.385. The van der Waals surface area contributed by atoms with Crippen LogP contribution >= 0.6 is 11.8 Å². The molecule has 1 aliphatic heterocycles. The number of benzene rings is 2. The molecular formula is C19H18N4O5S. The largest absolute Gasteiger partial charge is 0.488 e. The average Bonchev–Trinajstić information content (AvgIpc) is 3.10. The molecule has 0 bridgehead atoms. The van der Waals surface area contributed by atoms with Crippen LogP contribution in [0, 0.1) is 10.1 Å². The molecule has 1 unspecified atom stereocenters. The molecule has 0 saturated carbocycles. The maximum Gasteiger partial charge on any atom is 0.276 e. The van der Waals surface area contributed by atoms with Gasteiger partial charge in [-0.1, -0.05) is 42.1 Å². The van der Waals surface area contributed by atoms with Gasteiger partial charge in [0.2, 0.25) is 11.8 Å². The third-order valence-corrected chi connectivity index (χ3v) is 5.09. The van der Waals surface area contributed by atoms with Crippen molar-refractivity contribution in [2.24, 2.45) is 5.10 Å². The van der Waals surface area contributed by atoms with E-state index in [0.29, 0.717) is 22.0 Å². The SMILES string of the molecule is CC(=O)NC1=NN(C(C)=O)C(c2ccccc2OCc2ccccc2[N+](=O)[O-])S1. The Labute approximate surface area is 170 Å². The number of carbonyl (C=O) groups is 2. The topological polar surface area (TPSA) is 114 Å². The van der Waals surface area contributed by atoms with Crippen molar-refractivity contribution in [3.05, 3.63) is 69.8 Å². The molecule has 0 saturated heterocycles. The summed E-state index contributed by atoms with van der Waals surface area (Å²) >= 11 is 1.21. The fourth-order valence-corrected chi connectivity index (χ4v) is 3.91. The molecule has 2 aromatic carbocycles. The third-order valence-electron chi connectivity index (χ3n) is 4.01. The Morgan fingerprint density at radius 2 is 1.90 bits per heavy atom. The Hall–Kier alpha value is -3.40. The van der Waals surface area contributed by atoms with Crippen LogP contribution in [0.5, 0.6) is 5.75 Å². The molecule has 1 aliphatic rings. The van der Waals surface area contributed by atoms with Gasteiger partial charge in [0.15, 0.2) is 5.17 Å². The molecule has 1 atom stereocenters. The highest BCUT2D eigenvalue weighted by Gasteiger charge is 2.34. The number of thioether (sulfide) groups is 1. The van der Waals surface area contributed by atoms with Gasteiger partial charge < -0.3 is 10.1 Å². The molecule has 2 amide bonds. The molecule has 1 heterocycles. The number of para-hydroxylation sites is 2. The number of hydrazone groups is 1. The van der Waals surface area contributed by atoms with Gasteiger partial charge in [-0.3, -0.25) is 19.7 Å². The Morgan fingerprint density at radius 3 is 2.59 bits per heavy atom. The quantitative estimate of drug-likeness (QED) is 0.594. The predicted octanol–water partition coefficient (Wildman–Crippen LogP) is 3.17. The van der Waals surface area contributed by atoms with Crippen LogP contribution in [0.4, 0.5) is 5.69 Å². The molecule has 29 heavy (non-hydrogen) atoms. The first-order chi connectivity index (χ1) is 13.9. The zero-order valence-electron chi connectivity index (χ0n) is 15.7. The molecule has 2 aromatic rings. The molecule has 1 N–H and O–H groups in total. The molecule has 0 fully saturated rings. The molecule has 9 nitrogen and oxygen atoms in total. The van der Waals surface area contributed by atoms with Crippen LogP contribution in [0.15, 0.2) is 53.6 Å². The van der Waals surface area contributed by atoms with Crippen molar-refractivity contribution in [2.45, 2.75) is 25.8 Å². The Morgan fingerprint density at radius 1 is 1.21 bits per heavy atom.